The molecule has 0 spiro atoms. The van der Waals surface area contributed by atoms with E-state index in [0.29, 0.717) is 18.8 Å². The molecule has 2 aromatic rings. The standard InChI is InChI=1S/C16H17Cl2F3N2O3/c1-4-24-15(25-5-2)8-6-9(11(19)7-10(8)17)13-12(18)14(23(3)22-13)26-16(20)21/h6-7,15-16H,4-5H2,1-3H3. The van der Waals surface area contributed by atoms with Crippen LogP contribution in [-0.2, 0) is 16.5 Å². The van der Waals surface area contributed by atoms with Crippen molar-refractivity contribution < 1.29 is 27.4 Å². The Labute approximate surface area is 158 Å². The second-order valence-corrected chi connectivity index (χ2v) is 5.85. The average Bonchev–Trinajstić information content (AvgIpc) is 2.82. The number of hydrogen-bond donors (Lipinski definition) is 0. The summed E-state index contributed by atoms with van der Waals surface area (Å²) >= 11 is 12.2. The fourth-order valence-electron chi connectivity index (χ4n) is 2.33. The number of hydrogen-bond acceptors (Lipinski definition) is 4. The molecule has 5 nitrogen and oxygen atoms in total. The Morgan fingerprint density at radius 2 is 1.77 bits per heavy atom. The number of alkyl halides is 2. The van der Waals surface area contributed by atoms with E-state index in [1.54, 1.807) is 13.8 Å². The molecular formula is C16H17Cl2F3N2O3. The van der Waals surface area contributed by atoms with Crippen LogP contribution in [0.3, 0.4) is 0 Å². The van der Waals surface area contributed by atoms with E-state index in [1.165, 1.54) is 13.1 Å². The van der Waals surface area contributed by atoms with Crippen molar-refractivity contribution in [1.29, 1.82) is 0 Å². The summed E-state index contributed by atoms with van der Waals surface area (Å²) in [5.74, 6) is -1.10. The number of rotatable bonds is 8. The van der Waals surface area contributed by atoms with Crippen LogP contribution in [0.5, 0.6) is 5.88 Å². The van der Waals surface area contributed by atoms with Gasteiger partial charge in [0.15, 0.2) is 6.29 Å². The Kier molecular flexibility index (Phi) is 7.16. The van der Waals surface area contributed by atoms with Crippen molar-refractivity contribution >= 4 is 23.2 Å². The molecule has 1 aromatic heterocycles. The molecule has 0 saturated carbocycles. The highest BCUT2D eigenvalue weighted by Gasteiger charge is 2.25. The maximum Gasteiger partial charge on any atom is 0.388 e. The number of halogens is 5. The van der Waals surface area contributed by atoms with Gasteiger partial charge in [-0.1, -0.05) is 23.2 Å². The molecule has 10 heteroatoms. The lowest BCUT2D eigenvalue weighted by Gasteiger charge is -2.19. The zero-order valence-electron chi connectivity index (χ0n) is 14.2. The van der Waals surface area contributed by atoms with E-state index in [9.17, 15) is 13.2 Å². The Balaban J connectivity index is 2.55. The van der Waals surface area contributed by atoms with Gasteiger partial charge in [0.2, 0.25) is 5.88 Å². The number of aryl methyl sites for hydroxylation is 1. The SMILES string of the molecule is CCOC(OCC)c1cc(-c2nn(C)c(OC(F)F)c2Cl)c(F)cc1Cl. The lowest BCUT2D eigenvalue weighted by molar-refractivity contribution is -0.140. The summed E-state index contributed by atoms with van der Waals surface area (Å²) in [5.41, 5.74) is 0.260. The molecule has 2 rings (SSSR count). The molecule has 144 valence electrons. The minimum absolute atomic E-state index is 0.0430. The van der Waals surface area contributed by atoms with Crippen molar-refractivity contribution in [2.24, 2.45) is 7.05 Å². The first-order valence-corrected chi connectivity index (χ1v) is 8.45. The third-order valence-corrected chi connectivity index (χ3v) is 4.04. The van der Waals surface area contributed by atoms with Crippen molar-refractivity contribution in [2.45, 2.75) is 26.7 Å². The first-order valence-electron chi connectivity index (χ1n) is 7.69. The molecule has 1 heterocycles. The zero-order chi connectivity index (χ0) is 19.4. The second kappa shape index (κ2) is 8.94. The predicted molar refractivity (Wildman–Crippen MR) is 91.2 cm³/mol. The molecule has 0 aliphatic rings. The van der Waals surface area contributed by atoms with Crippen molar-refractivity contribution in [3.05, 3.63) is 33.6 Å². The van der Waals surface area contributed by atoms with Gasteiger partial charge in [0.05, 0.1) is 5.02 Å². The van der Waals surface area contributed by atoms with Gasteiger partial charge in [-0.15, -0.1) is 0 Å². The number of benzene rings is 1. The molecule has 0 atom stereocenters. The van der Waals surface area contributed by atoms with Crippen molar-refractivity contribution in [1.82, 2.24) is 9.78 Å². The normalized spacial score (nSPS) is 11.6. The predicted octanol–water partition coefficient (Wildman–Crippen LogP) is 5.21. The van der Waals surface area contributed by atoms with Gasteiger partial charge in [-0.3, -0.25) is 0 Å². The summed E-state index contributed by atoms with van der Waals surface area (Å²) in [5, 5.41) is 3.82. The van der Waals surface area contributed by atoms with E-state index in [2.05, 4.69) is 9.84 Å². The fraction of sp³-hybridized carbons (Fsp3) is 0.438. The quantitative estimate of drug-likeness (QED) is 0.558. The highest BCUT2D eigenvalue weighted by atomic mass is 35.5. The molecule has 0 N–H and O–H groups in total. The molecule has 1 aromatic carbocycles. The van der Waals surface area contributed by atoms with Crippen molar-refractivity contribution in [3.8, 4) is 17.1 Å². The molecule has 0 amide bonds. The van der Waals surface area contributed by atoms with Gasteiger partial charge in [0.1, 0.15) is 16.5 Å². The summed E-state index contributed by atoms with van der Waals surface area (Å²) in [6.07, 6.45) is -0.823. The monoisotopic (exact) mass is 412 g/mol. The molecular weight excluding hydrogens is 396 g/mol. The van der Waals surface area contributed by atoms with Gasteiger partial charge >= 0.3 is 6.61 Å². The van der Waals surface area contributed by atoms with Gasteiger partial charge in [0, 0.05) is 31.4 Å². The van der Waals surface area contributed by atoms with E-state index in [-0.39, 0.29) is 27.2 Å². The van der Waals surface area contributed by atoms with E-state index in [0.717, 1.165) is 10.7 Å². The lowest BCUT2D eigenvalue weighted by atomic mass is 10.1. The Hall–Kier alpha value is -1.48. The summed E-state index contributed by atoms with van der Waals surface area (Å²) in [4.78, 5) is 0. The third-order valence-electron chi connectivity index (χ3n) is 3.37. The van der Waals surface area contributed by atoms with Gasteiger partial charge in [-0.2, -0.15) is 13.9 Å². The molecule has 0 bridgehead atoms. The largest absolute Gasteiger partial charge is 0.416 e. The first kappa shape index (κ1) is 20.8. The van der Waals surface area contributed by atoms with Gasteiger partial charge in [0.25, 0.3) is 0 Å². The summed E-state index contributed by atoms with van der Waals surface area (Å²) in [6, 6.07) is 2.43. The molecule has 0 fully saturated rings. The number of ether oxygens (including phenoxy) is 3. The smallest absolute Gasteiger partial charge is 0.388 e. The molecule has 0 aliphatic heterocycles. The van der Waals surface area contributed by atoms with E-state index >= 15 is 0 Å². The molecule has 0 radical (unpaired) electrons. The minimum Gasteiger partial charge on any atom is -0.416 e. The number of aromatic nitrogens is 2. The van der Waals surface area contributed by atoms with Crippen molar-refractivity contribution in [3.63, 3.8) is 0 Å². The van der Waals surface area contributed by atoms with Gasteiger partial charge in [-0.05, 0) is 26.0 Å². The van der Waals surface area contributed by atoms with Crippen LogP contribution in [0.1, 0.15) is 25.7 Å². The zero-order valence-corrected chi connectivity index (χ0v) is 15.7. The highest BCUT2D eigenvalue weighted by Crippen LogP contribution is 2.39. The van der Waals surface area contributed by atoms with Crippen LogP contribution in [0, 0.1) is 5.82 Å². The average molecular weight is 413 g/mol. The maximum absolute atomic E-state index is 14.5. The van der Waals surface area contributed by atoms with Crippen LogP contribution in [0.4, 0.5) is 13.2 Å². The topological polar surface area (TPSA) is 45.5 Å². The fourth-order valence-corrected chi connectivity index (χ4v) is 2.87. The van der Waals surface area contributed by atoms with E-state index < -0.39 is 18.7 Å². The van der Waals surface area contributed by atoms with Crippen LogP contribution in [-0.4, -0.2) is 29.6 Å². The van der Waals surface area contributed by atoms with E-state index in [1.807, 2.05) is 0 Å². The Morgan fingerprint density at radius 1 is 1.15 bits per heavy atom. The van der Waals surface area contributed by atoms with E-state index in [4.69, 9.17) is 32.7 Å². The lowest BCUT2D eigenvalue weighted by Crippen LogP contribution is -2.10. The summed E-state index contributed by atoms with van der Waals surface area (Å²) in [6.45, 7) is 1.12. The molecule has 26 heavy (non-hydrogen) atoms. The van der Waals surface area contributed by atoms with Gasteiger partial charge < -0.3 is 14.2 Å². The first-order chi connectivity index (χ1) is 12.3. The van der Waals surface area contributed by atoms with Crippen LogP contribution >= 0.6 is 23.2 Å². The summed E-state index contributed by atoms with van der Waals surface area (Å²) in [7, 11) is 1.35. The molecule has 0 saturated heterocycles. The molecule has 0 unspecified atom stereocenters. The van der Waals surface area contributed by atoms with Gasteiger partial charge in [-0.25, -0.2) is 9.07 Å². The van der Waals surface area contributed by atoms with Crippen LogP contribution in [0.25, 0.3) is 11.3 Å². The van der Waals surface area contributed by atoms with Crippen LogP contribution in [0.2, 0.25) is 10.0 Å². The highest BCUT2D eigenvalue weighted by molar-refractivity contribution is 6.34. The minimum atomic E-state index is -3.10. The second-order valence-electron chi connectivity index (χ2n) is 5.07. The van der Waals surface area contributed by atoms with Crippen LogP contribution < -0.4 is 4.74 Å². The third kappa shape index (κ3) is 4.43. The van der Waals surface area contributed by atoms with Crippen molar-refractivity contribution in [2.75, 3.05) is 13.2 Å². The Morgan fingerprint density at radius 3 is 2.31 bits per heavy atom. The summed E-state index contributed by atoms with van der Waals surface area (Å²) < 4.78 is 55.8. The maximum atomic E-state index is 14.5. The van der Waals surface area contributed by atoms with Crippen LogP contribution in [0.15, 0.2) is 12.1 Å². The molecule has 0 aliphatic carbocycles. The Bertz CT molecular complexity index is 766. The number of nitrogens with zero attached hydrogens (tertiary/aromatic N) is 2.